The number of benzene rings is 4. The SMILES string of the molecule is Cc1ccc(S(=O)(=O)Nc2ccc(NC(=O)Cc3ccc4ccccc4c3)cc2)cc1. The van der Waals surface area contributed by atoms with Gasteiger partial charge in [-0.15, -0.1) is 0 Å². The number of fused-ring (bicyclic) bond motifs is 1. The summed E-state index contributed by atoms with van der Waals surface area (Å²) in [6.45, 7) is 1.90. The number of amides is 1. The molecule has 0 fully saturated rings. The van der Waals surface area contributed by atoms with Gasteiger partial charge in [0.25, 0.3) is 10.0 Å². The van der Waals surface area contributed by atoms with Crippen LogP contribution in [0.25, 0.3) is 10.8 Å². The van der Waals surface area contributed by atoms with Crippen molar-refractivity contribution in [1.82, 2.24) is 0 Å². The first-order valence-corrected chi connectivity index (χ1v) is 11.3. The molecule has 0 aliphatic heterocycles. The maximum Gasteiger partial charge on any atom is 0.261 e. The van der Waals surface area contributed by atoms with Gasteiger partial charge in [0.15, 0.2) is 0 Å². The van der Waals surface area contributed by atoms with Crippen molar-refractivity contribution in [3.05, 3.63) is 102 Å². The van der Waals surface area contributed by atoms with Crippen LogP contribution in [0.5, 0.6) is 0 Å². The van der Waals surface area contributed by atoms with E-state index >= 15 is 0 Å². The largest absolute Gasteiger partial charge is 0.326 e. The molecule has 0 heterocycles. The van der Waals surface area contributed by atoms with Crippen LogP contribution in [-0.2, 0) is 21.2 Å². The summed E-state index contributed by atoms with van der Waals surface area (Å²) in [6.07, 6.45) is 0.257. The summed E-state index contributed by atoms with van der Waals surface area (Å²) in [7, 11) is -3.66. The van der Waals surface area contributed by atoms with E-state index < -0.39 is 10.0 Å². The second-order valence-corrected chi connectivity index (χ2v) is 9.08. The highest BCUT2D eigenvalue weighted by Gasteiger charge is 2.14. The van der Waals surface area contributed by atoms with Gasteiger partial charge in [-0.2, -0.15) is 0 Å². The molecule has 1 amide bonds. The molecule has 0 radical (unpaired) electrons. The normalized spacial score (nSPS) is 11.3. The molecule has 4 aromatic rings. The van der Waals surface area contributed by atoms with Crippen LogP contribution in [0.2, 0.25) is 0 Å². The van der Waals surface area contributed by atoms with Crippen molar-refractivity contribution in [2.45, 2.75) is 18.2 Å². The van der Waals surface area contributed by atoms with E-state index in [1.54, 1.807) is 48.5 Å². The van der Waals surface area contributed by atoms with Crippen LogP contribution >= 0.6 is 0 Å². The topological polar surface area (TPSA) is 75.3 Å². The summed E-state index contributed by atoms with van der Waals surface area (Å²) in [5, 5.41) is 5.08. The van der Waals surface area contributed by atoms with E-state index in [0.29, 0.717) is 11.4 Å². The van der Waals surface area contributed by atoms with Gasteiger partial charge in [0.2, 0.25) is 5.91 Å². The number of carbonyl (C=O) groups is 1. The Balaban J connectivity index is 1.39. The molecule has 0 saturated heterocycles. The Morgan fingerprint density at radius 3 is 2.13 bits per heavy atom. The van der Waals surface area contributed by atoms with Crippen LogP contribution in [-0.4, -0.2) is 14.3 Å². The number of carbonyl (C=O) groups excluding carboxylic acids is 1. The Morgan fingerprint density at radius 2 is 1.42 bits per heavy atom. The van der Waals surface area contributed by atoms with Gasteiger partial charge in [-0.3, -0.25) is 9.52 Å². The molecule has 0 aromatic heterocycles. The van der Waals surface area contributed by atoms with Crippen LogP contribution in [0, 0.1) is 6.92 Å². The second kappa shape index (κ2) is 8.62. The van der Waals surface area contributed by atoms with Crippen molar-refractivity contribution in [3.63, 3.8) is 0 Å². The third kappa shape index (κ3) is 5.10. The fourth-order valence-electron chi connectivity index (χ4n) is 3.29. The fourth-order valence-corrected chi connectivity index (χ4v) is 4.35. The Hall–Kier alpha value is -3.64. The summed E-state index contributed by atoms with van der Waals surface area (Å²) < 4.78 is 27.5. The molecule has 31 heavy (non-hydrogen) atoms. The van der Waals surface area contributed by atoms with Crippen molar-refractivity contribution < 1.29 is 13.2 Å². The molecule has 4 rings (SSSR count). The standard InChI is InChI=1S/C25H22N2O3S/c1-18-6-14-24(15-7-18)31(29,30)27-23-12-10-22(11-13-23)26-25(28)17-19-8-9-20-4-2-3-5-21(20)16-19/h2-16,27H,17H2,1H3,(H,26,28). The Labute approximate surface area is 181 Å². The second-order valence-electron chi connectivity index (χ2n) is 7.40. The lowest BCUT2D eigenvalue weighted by Gasteiger charge is -2.10. The third-order valence-corrected chi connectivity index (χ3v) is 6.33. The Bertz CT molecular complexity index is 1330. The lowest BCUT2D eigenvalue weighted by atomic mass is 10.0. The minimum absolute atomic E-state index is 0.136. The highest BCUT2D eigenvalue weighted by molar-refractivity contribution is 7.92. The average Bonchev–Trinajstić information content (AvgIpc) is 2.75. The molecule has 5 nitrogen and oxygen atoms in total. The zero-order chi connectivity index (χ0) is 21.8. The van der Waals surface area contributed by atoms with E-state index in [2.05, 4.69) is 10.0 Å². The van der Waals surface area contributed by atoms with E-state index in [0.717, 1.165) is 21.9 Å². The molecular weight excluding hydrogens is 408 g/mol. The number of nitrogens with one attached hydrogen (secondary N) is 2. The molecular formula is C25H22N2O3S. The maximum absolute atomic E-state index is 12.5. The van der Waals surface area contributed by atoms with Gasteiger partial charge < -0.3 is 5.32 Å². The molecule has 0 saturated carbocycles. The van der Waals surface area contributed by atoms with Crippen molar-refractivity contribution in [2.24, 2.45) is 0 Å². The molecule has 6 heteroatoms. The molecule has 0 aliphatic rings. The van der Waals surface area contributed by atoms with E-state index in [4.69, 9.17) is 0 Å². The van der Waals surface area contributed by atoms with E-state index in [9.17, 15) is 13.2 Å². The van der Waals surface area contributed by atoms with E-state index in [1.807, 2.05) is 49.4 Å². The van der Waals surface area contributed by atoms with Crippen LogP contribution in [0.15, 0.2) is 95.9 Å². The first-order chi connectivity index (χ1) is 14.9. The van der Waals surface area contributed by atoms with Gasteiger partial charge in [-0.25, -0.2) is 8.42 Å². The van der Waals surface area contributed by atoms with Gasteiger partial charge in [0, 0.05) is 11.4 Å². The maximum atomic E-state index is 12.5. The summed E-state index contributed by atoms with van der Waals surface area (Å²) in [6, 6.07) is 27.2. The van der Waals surface area contributed by atoms with Gasteiger partial charge in [-0.05, 0) is 59.7 Å². The molecule has 4 aromatic carbocycles. The summed E-state index contributed by atoms with van der Waals surface area (Å²) >= 11 is 0. The van der Waals surface area contributed by atoms with Gasteiger partial charge in [0.05, 0.1) is 11.3 Å². The van der Waals surface area contributed by atoms with Crippen molar-refractivity contribution >= 4 is 38.1 Å². The molecule has 0 bridgehead atoms. The molecule has 156 valence electrons. The quantitative estimate of drug-likeness (QED) is 0.445. The smallest absolute Gasteiger partial charge is 0.261 e. The molecule has 0 atom stereocenters. The van der Waals surface area contributed by atoms with E-state index in [1.165, 1.54) is 0 Å². The number of anilines is 2. The van der Waals surface area contributed by atoms with E-state index in [-0.39, 0.29) is 17.2 Å². The van der Waals surface area contributed by atoms with Crippen molar-refractivity contribution in [3.8, 4) is 0 Å². The zero-order valence-electron chi connectivity index (χ0n) is 17.0. The Morgan fingerprint density at radius 1 is 0.774 bits per heavy atom. The summed E-state index contributed by atoms with van der Waals surface area (Å²) in [5.41, 5.74) is 2.94. The lowest BCUT2D eigenvalue weighted by Crippen LogP contribution is -2.15. The molecule has 0 spiro atoms. The number of sulfonamides is 1. The van der Waals surface area contributed by atoms with Gasteiger partial charge in [0.1, 0.15) is 0 Å². The minimum Gasteiger partial charge on any atom is -0.326 e. The van der Waals surface area contributed by atoms with Crippen molar-refractivity contribution in [2.75, 3.05) is 10.0 Å². The number of hydrogen-bond acceptors (Lipinski definition) is 3. The molecule has 0 aliphatic carbocycles. The van der Waals surface area contributed by atoms with Crippen molar-refractivity contribution in [1.29, 1.82) is 0 Å². The van der Waals surface area contributed by atoms with Crippen LogP contribution in [0.3, 0.4) is 0 Å². The number of hydrogen-bond donors (Lipinski definition) is 2. The summed E-state index contributed by atoms with van der Waals surface area (Å²) in [4.78, 5) is 12.6. The summed E-state index contributed by atoms with van der Waals surface area (Å²) in [5.74, 6) is -0.136. The highest BCUT2D eigenvalue weighted by atomic mass is 32.2. The van der Waals surface area contributed by atoms with Gasteiger partial charge >= 0.3 is 0 Å². The van der Waals surface area contributed by atoms with Crippen LogP contribution in [0.4, 0.5) is 11.4 Å². The number of aryl methyl sites for hydroxylation is 1. The minimum atomic E-state index is -3.66. The lowest BCUT2D eigenvalue weighted by molar-refractivity contribution is -0.115. The molecule has 0 unspecified atom stereocenters. The number of rotatable bonds is 6. The zero-order valence-corrected chi connectivity index (χ0v) is 17.8. The van der Waals surface area contributed by atoms with Gasteiger partial charge in [-0.1, -0.05) is 60.2 Å². The first-order valence-electron chi connectivity index (χ1n) is 9.86. The first kappa shape index (κ1) is 20.6. The highest BCUT2D eigenvalue weighted by Crippen LogP contribution is 2.20. The monoisotopic (exact) mass is 430 g/mol. The average molecular weight is 431 g/mol. The Kier molecular flexibility index (Phi) is 5.73. The predicted octanol–water partition coefficient (Wildman–Crippen LogP) is 5.13. The van der Waals surface area contributed by atoms with Crippen LogP contribution in [0.1, 0.15) is 11.1 Å². The predicted molar refractivity (Wildman–Crippen MR) is 125 cm³/mol. The third-order valence-electron chi connectivity index (χ3n) is 4.93. The fraction of sp³-hybridized carbons (Fsp3) is 0.0800. The van der Waals surface area contributed by atoms with Crippen LogP contribution < -0.4 is 10.0 Å². The molecule has 2 N–H and O–H groups in total.